The van der Waals surface area contributed by atoms with E-state index in [-0.39, 0.29) is 11.3 Å². The number of carbonyl (C=O) groups is 1. The Morgan fingerprint density at radius 1 is 1.00 bits per heavy atom. The highest BCUT2D eigenvalue weighted by atomic mass is 32.2. The molecule has 1 aliphatic rings. The van der Waals surface area contributed by atoms with E-state index in [1.165, 1.54) is 0 Å². The van der Waals surface area contributed by atoms with Gasteiger partial charge in [-0.25, -0.2) is 0 Å². The van der Waals surface area contributed by atoms with Gasteiger partial charge in [0.2, 0.25) is 0 Å². The number of ether oxygens (including phenoxy) is 2. The SMILES string of the molecule is COc1ccc(N2C(=O)[C@@H](OC)[C@@H]2Sc2ccccc2)cc1. The highest BCUT2D eigenvalue weighted by Gasteiger charge is 2.49. The van der Waals surface area contributed by atoms with Gasteiger partial charge in [-0.3, -0.25) is 9.69 Å². The number of hydrogen-bond donors (Lipinski definition) is 0. The van der Waals surface area contributed by atoms with Crippen LogP contribution < -0.4 is 9.64 Å². The Balaban J connectivity index is 1.83. The number of methoxy groups -OCH3 is 2. The monoisotopic (exact) mass is 315 g/mol. The molecular formula is C17H17NO3S. The zero-order valence-electron chi connectivity index (χ0n) is 12.4. The predicted molar refractivity (Wildman–Crippen MR) is 87.4 cm³/mol. The zero-order valence-corrected chi connectivity index (χ0v) is 13.2. The molecule has 0 spiro atoms. The average molecular weight is 315 g/mol. The number of carbonyl (C=O) groups excluding carboxylic acids is 1. The van der Waals surface area contributed by atoms with Crippen molar-refractivity contribution in [3.63, 3.8) is 0 Å². The summed E-state index contributed by atoms with van der Waals surface area (Å²) in [5.41, 5.74) is 0.854. The topological polar surface area (TPSA) is 38.8 Å². The van der Waals surface area contributed by atoms with E-state index in [9.17, 15) is 4.79 Å². The largest absolute Gasteiger partial charge is 0.497 e. The van der Waals surface area contributed by atoms with Crippen LogP contribution >= 0.6 is 11.8 Å². The van der Waals surface area contributed by atoms with Gasteiger partial charge in [0.05, 0.1) is 7.11 Å². The van der Waals surface area contributed by atoms with Gasteiger partial charge in [0.1, 0.15) is 11.1 Å². The number of rotatable bonds is 5. The second-order valence-corrected chi connectivity index (χ2v) is 6.07. The summed E-state index contributed by atoms with van der Waals surface area (Å²) in [6.07, 6.45) is -0.410. The lowest BCUT2D eigenvalue weighted by Crippen LogP contribution is -2.64. The van der Waals surface area contributed by atoms with Crippen molar-refractivity contribution in [2.45, 2.75) is 16.4 Å². The first kappa shape index (κ1) is 14.9. The van der Waals surface area contributed by atoms with Crippen LogP contribution in [0.25, 0.3) is 0 Å². The summed E-state index contributed by atoms with van der Waals surface area (Å²) in [6.45, 7) is 0. The molecule has 1 amide bonds. The normalized spacial score (nSPS) is 20.6. The van der Waals surface area contributed by atoms with Gasteiger partial charge in [0.25, 0.3) is 5.91 Å². The number of β-lactam (4-membered cyclic amide) rings is 1. The van der Waals surface area contributed by atoms with E-state index >= 15 is 0 Å². The first-order valence-electron chi connectivity index (χ1n) is 6.96. The molecule has 114 valence electrons. The summed E-state index contributed by atoms with van der Waals surface area (Å²) in [7, 11) is 3.20. The smallest absolute Gasteiger partial charge is 0.260 e. The molecule has 2 atom stereocenters. The summed E-state index contributed by atoms with van der Waals surface area (Å²) in [4.78, 5) is 15.2. The van der Waals surface area contributed by atoms with E-state index in [1.54, 1.807) is 30.9 Å². The van der Waals surface area contributed by atoms with Crippen molar-refractivity contribution < 1.29 is 14.3 Å². The van der Waals surface area contributed by atoms with Gasteiger partial charge in [-0.2, -0.15) is 0 Å². The fraction of sp³-hybridized carbons (Fsp3) is 0.235. The van der Waals surface area contributed by atoms with Crippen molar-refractivity contribution in [2.24, 2.45) is 0 Å². The molecule has 1 aliphatic heterocycles. The summed E-state index contributed by atoms with van der Waals surface area (Å²) < 4.78 is 10.5. The van der Waals surface area contributed by atoms with Gasteiger partial charge in [-0.15, -0.1) is 0 Å². The summed E-state index contributed by atoms with van der Waals surface area (Å²) in [6, 6.07) is 17.5. The molecule has 0 radical (unpaired) electrons. The lowest BCUT2D eigenvalue weighted by Gasteiger charge is -2.45. The molecule has 2 aromatic rings. The van der Waals surface area contributed by atoms with Gasteiger partial charge < -0.3 is 9.47 Å². The maximum absolute atomic E-state index is 12.3. The Kier molecular flexibility index (Phi) is 4.36. The molecule has 4 nitrogen and oxygen atoms in total. The van der Waals surface area contributed by atoms with Crippen LogP contribution in [-0.4, -0.2) is 31.6 Å². The summed E-state index contributed by atoms with van der Waals surface area (Å²) >= 11 is 1.63. The second-order valence-electron chi connectivity index (χ2n) is 4.88. The van der Waals surface area contributed by atoms with Crippen LogP contribution in [0.2, 0.25) is 0 Å². The molecule has 0 bridgehead atoms. The van der Waals surface area contributed by atoms with Crippen LogP contribution in [-0.2, 0) is 9.53 Å². The van der Waals surface area contributed by atoms with Crippen molar-refractivity contribution in [3.05, 3.63) is 54.6 Å². The minimum absolute atomic E-state index is 0.0129. The molecule has 0 N–H and O–H groups in total. The minimum Gasteiger partial charge on any atom is -0.497 e. The minimum atomic E-state index is -0.410. The van der Waals surface area contributed by atoms with E-state index in [1.807, 2.05) is 54.6 Å². The van der Waals surface area contributed by atoms with E-state index in [0.717, 1.165) is 16.3 Å². The Morgan fingerprint density at radius 3 is 2.27 bits per heavy atom. The maximum atomic E-state index is 12.3. The van der Waals surface area contributed by atoms with Crippen LogP contribution in [0.3, 0.4) is 0 Å². The molecule has 0 saturated carbocycles. The lowest BCUT2D eigenvalue weighted by atomic mass is 10.1. The zero-order chi connectivity index (χ0) is 15.5. The van der Waals surface area contributed by atoms with Gasteiger partial charge in [0, 0.05) is 17.7 Å². The third-order valence-corrected chi connectivity index (χ3v) is 4.84. The molecule has 1 fully saturated rings. The van der Waals surface area contributed by atoms with Crippen molar-refractivity contribution in [1.82, 2.24) is 0 Å². The Bertz CT molecular complexity index is 645. The molecule has 0 unspecified atom stereocenters. The first-order chi connectivity index (χ1) is 10.7. The van der Waals surface area contributed by atoms with Gasteiger partial charge in [-0.1, -0.05) is 30.0 Å². The number of anilines is 1. The quantitative estimate of drug-likeness (QED) is 0.795. The van der Waals surface area contributed by atoms with Gasteiger partial charge in [-0.05, 0) is 36.4 Å². The maximum Gasteiger partial charge on any atom is 0.260 e. The van der Waals surface area contributed by atoms with Crippen LogP contribution in [0.4, 0.5) is 5.69 Å². The third-order valence-electron chi connectivity index (χ3n) is 3.60. The fourth-order valence-electron chi connectivity index (χ4n) is 2.42. The molecule has 0 aliphatic carbocycles. The van der Waals surface area contributed by atoms with Gasteiger partial charge >= 0.3 is 0 Å². The van der Waals surface area contributed by atoms with Crippen molar-refractivity contribution in [3.8, 4) is 5.75 Å². The first-order valence-corrected chi connectivity index (χ1v) is 7.84. The summed E-state index contributed by atoms with van der Waals surface area (Å²) in [5, 5.41) is -0.0618. The molecule has 0 aromatic heterocycles. The van der Waals surface area contributed by atoms with E-state index in [0.29, 0.717) is 0 Å². The molecular weight excluding hydrogens is 298 g/mol. The number of nitrogens with zero attached hydrogens (tertiary/aromatic N) is 1. The number of thioether (sulfide) groups is 1. The van der Waals surface area contributed by atoms with E-state index < -0.39 is 6.10 Å². The second kappa shape index (κ2) is 6.42. The lowest BCUT2D eigenvalue weighted by molar-refractivity contribution is -0.136. The van der Waals surface area contributed by atoms with Gasteiger partial charge in [0.15, 0.2) is 6.10 Å². The molecule has 2 aromatic carbocycles. The van der Waals surface area contributed by atoms with Crippen LogP contribution in [0.5, 0.6) is 5.75 Å². The fourth-order valence-corrected chi connectivity index (χ4v) is 3.70. The molecule has 1 saturated heterocycles. The number of hydrogen-bond acceptors (Lipinski definition) is 4. The Hall–Kier alpha value is -1.98. The van der Waals surface area contributed by atoms with Crippen LogP contribution in [0, 0.1) is 0 Å². The highest BCUT2D eigenvalue weighted by molar-refractivity contribution is 8.00. The molecule has 3 rings (SSSR count). The van der Waals surface area contributed by atoms with E-state index in [2.05, 4.69) is 0 Å². The summed E-state index contributed by atoms with van der Waals surface area (Å²) in [5.74, 6) is 0.758. The predicted octanol–water partition coefficient (Wildman–Crippen LogP) is 3.18. The van der Waals surface area contributed by atoms with Crippen LogP contribution in [0.1, 0.15) is 0 Å². The van der Waals surface area contributed by atoms with Crippen molar-refractivity contribution in [1.29, 1.82) is 0 Å². The third kappa shape index (κ3) is 2.69. The van der Waals surface area contributed by atoms with Crippen molar-refractivity contribution >= 4 is 23.4 Å². The molecule has 1 heterocycles. The van der Waals surface area contributed by atoms with E-state index in [4.69, 9.17) is 9.47 Å². The Labute approximate surface area is 134 Å². The standard InChI is InChI=1S/C17H17NO3S/c1-20-13-10-8-12(9-11-13)18-16(19)15(21-2)17(18)22-14-6-4-3-5-7-14/h3-11,15,17H,1-2H3/t15-,17+/m1/s1. The highest BCUT2D eigenvalue weighted by Crippen LogP contribution is 2.40. The van der Waals surface area contributed by atoms with Crippen molar-refractivity contribution in [2.75, 3.05) is 19.1 Å². The van der Waals surface area contributed by atoms with Crippen LogP contribution in [0.15, 0.2) is 59.5 Å². The molecule has 22 heavy (non-hydrogen) atoms. The number of benzene rings is 2. The Morgan fingerprint density at radius 2 is 1.68 bits per heavy atom. The number of amides is 1. The average Bonchev–Trinajstić information content (AvgIpc) is 2.56. The molecule has 5 heteroatoms.